The van der Waals surface area contributed by atoms with Gasteiger partial charge in [0.2, 0.25) is 24.8 Å². The number of primary amides is 1. The van der Waals surface area contributed by atoms with Gasteiger partial charge in [-0.2, -0.15) is 13.2 Å². The van der Waals surface area contributed by atoms with Gasteiger partial charge in [-0.25, -0.2) is 4.99 Å². The summed E-state index contributed by atoms with van der Waals surface area (Å²) in [5.74, 6) is -4.49. The van der Waals surface area contributed by atoms with Gasteiger partial charge in [-0.3, -0.25) is 14.4 Å². The zero-order chi connectivity index (χ0) is 30.0. The van der Waals surface area contributed by atoms with E-state index in [0.29, 0.717) is 34.0 Å². The second-order valence-corrected chi connectivity index (χ2v) is 9.84. The van der Waals surface area contributed by atoms with E-state index in [1.54, 1.807) is 42.5 Å². The summed E-state index contributed by atoms with van der Waals surface area (Å²) < 4.78 is 54.8. The maximum Gasteiger partial charge on any atom is 0.389 e. The highest BCUT2D eigenvalue weighted by Gasteiger charge is 2.39. The average Bonchev–Trinajstić information content (AvgIpc) is 3.54. The largest absolute Gasteiger partial charge is 0.454 e. The Balaban J connectivity index is 1.51. The SMILES string of the molecule is Cc1nocc1C(C(N)=O)C(CCCC(F)(F)F)C(=O)NC1N=C(c2ccccc2)c2cc3c(cc2NC1=O)OCO3. The molecule has 0 aliphatic carbocycles. The molecule has 11 nitrogen and oxygen atoms in total. The van der Waals surface area contributed by atoms with Crippen LogP contribution in [0.25, 0.3) is 0 Å². The molecular formula is C28H26F3N5O6. The van der Waals surface area contributed by atoms with Crippen molar-refractivity contribution in [1.29, 1.82) is 0 Å². The second-order valence-electron chi connectivity index (χ2n) is 9.84. The first-order chi connectivity index (χ1) is 20.0. The van der Waals surface area contributed by atoms with Crippen molar-refractivity contribution in [1.82, 2.24) is 10.5 Å². The highest BCUT2D eigenvalue weighted by molar-refractivity contribution is 6.20. The number of aliphatic imine (C=N–C) groups is 1. The molecule has 42 heavy (non-hydrogen) atoms. The first kappa shape index (κ1) is 28.6. The molecule has 220 valence electrons. The molecule has 0 fully saturated rings. The summed E-state index contributed by atoms with van der Waals surface area (Å²) in [5, 5.41) is 8.97. The molecule has 0 saturated heterocycles. The number of carbonyl (C=O) groups is 3. The zero-order valence-corrected chi connectivity index (χ0v) is 22.2. The Morgan fingerprint density at radius 1 is 1.17 bits per heavy atom. The van der Waals surface area contributed by atoms with Crippen LogP contribution < -0.4 is 25.8 Å². The molecule has 0 spiro atoms. The van der Waals surface area contributed by atoms with E-state index >= 15 is 0 Å². The minimum absolute atomic E-state index is 0.00504. The van der Waals surface area contributed by atoms with Crippen LogP contribution in [0.5, 0.6) is 11.5 Å². The lowest BCUT2D eigenvalue weighted by atomic mass is 9.81. The molecule has 3 atom stereocenters. The summed E-state index contributed by atoms with van der Waals surface area (Å²) in [6, 6.07) is 12.1. The smallest absolute Gasteiger partial charge is 0.389 e. The van der Waals surface area contributed by atoms with E-state index in [-0.39, 0.29) is 24.5 Å². The number of hydrogen-bond acceptors (Lipinski definition) is 8. The molecule has 4 N–H and O–H groups in total. The maximum atomic E-state index is 13.7. The lowest BCUT2D eigenvalue weighted by Gasteiger charge is -2.25. The summed E-state index contributed by atoms with van der Waals surface area (Å²) in [4.78, 5) is 44.2. The molecular weight excluding hydrogens is 559 g/mol. The third-order valence-electron chi connectivity index (χ3n) is 7.00. The average molecular weight is 586 g/mol. The summed E-state index contributed by atoms with van der Waals surface area (Å²) >= 11 is 0. The standard InChI is InChI=1S/C28H26F3N5O6/c1-14-18(12-42-36-14)22(24(32)37)16(8-5-9-28(29,30)31)26(38)35-25-27(39)33-19-11-21-20(40-13-41-21)10-17(19)23(34-25)15-6-3-2-4-7-15/h2-4,6-7,10-12,16,22,25H,5,8-9,13H2,1H3,(H2,32,37)(H,33,39)(H,35,38). The monoisotopic (exact) mass is 585 g/mol. The molecule has 2 aromatic carbocycles. The summed E-state index contributed by atoms with van der Waals surface area (Å²) in [7, 11) is 0. The Hall–Kier alpha value is -4.88. The van der Waals surface area contributed by atoms with Crippen molar-refractivity contribution in [2.75, 3.05) is 12.1 Å². The van der Waals surface area contributed by atoms with Gasteiger partial charge in [0.1, 0.15) is 6.26 Å². The second kappa shape index (κ2) is 11.5. The van der Waals surface area contributed by atoms with Gasteiger partial charge in [0.15, 0.2) is 11.5 Å². The number of ether oxygens (including phenoxy) is 2. The molecule has 14 heteroatoms. The number of hydrogen-bond donors (Lipinski definition) is 3. The first-order valence-corrected chi connectivity index (χ1v) is 13.0. The molecule has 2 aliphatic heterocycles. The van der Waals surface area contributed by atoms with Crippen molar-refractivity contribution in [3.63, 3.8) is 0 Å². The van der Waals surface area contributed by atoms with E-state index in [2.05, 4.69) is 20.8 Å². The van der Waals surface area contributed by atoms with E-state index in [4.69, 9.17) is 19.7 Å². The topological polar surface area (TPSA) is 158 Å². The number of nitrogens with two attached hydrogens (primary N) is 1. The normalized spacial score (nSPS) is 17.4. The van der Waals surface area contributed by atoms with Crippen LogP contribution in [0.2, 0.25) is 0 Å². The van der Waals surface area contributed by atoms with Crippen molar-refractivity contribution in [3.05, 3.63) is 71.1 Å². The van der Waals surface area contributed by atoms with Gasteiger partial charge in [0.25, 0.3) is 5.91 Å². The van der Waals surface area contributed by atoms with Crippen LogP contribution in [-0.4, -0.2) is 47.7 Å². The molecule has 3 unspecified atom stereocenters. The highest BCUT2D eigenvalue weighted by Crippen LogP contribution is 2.39. The minimum atomic E-state index is -4.48. The van der Waals surface area contributed by atoms with Crippen LogP contribution in [0.15, 0.2) is 58.2 Å². The number of benzene rings is 2. The Labute approximate surface area is 237 Å². The lowest BCUT2D eigenvalue weighted by Crippen LogP contribution is -2.47. The Morgan fingerprint density at radius 3 is 2.52 bits per heavy atom. The molecule has 2 aliphatic rings. The third-order valence-corrected chi connectivity index (χ3v) is 7.00. The molecule has 0 bridgehead atoms. The first-order valence-electron chi connectivity index (χ1n) is 13.0. The van der Waals surface area contributed by atoms with E-state index in [0.717, 1.165) is 6.26 Å². The fraction of sp³-hybridized carbons (Fsp3) is 0.321. The highest BCUT2D eigenvalue weighted by atomic mass is 19.4. The quantitative estimate of drug-likeness (QED) is 0.346. The molecule has 3 heterocycles. The number of aromatic nitrogens is 1. The molecule has 1 aromatic heterocycles. The van der Waals surface area contributed by atoms with Crippen molar-refractivity contribution >= 4 is 29.1 Å². The van der Waals surface area contributed by atoms with Crippen LogP contribution in [0.1, 0.15) is 47.6 Å². The van der Waals surface area contributed by atoms with Crippen molar-refractivity contribution in [2.45, 2.75) is 44.4 Å². The molecule has 3 amide bonds. The molecule has 3 aromatic rings. The number of anilines is 1. The Kier molecular flexibility index (Phi) is 7.87. The molecule has 5 rings (SSSR count). The van der Waals surface area contributed by atoms with Gasteiger partial charge < -0.3 is 30.4 Å². The fourth-order valence-corrected chi connectivity index (χ4v) is 5.00. The van der Waals surface area contributed by atoms with E-state index in [1.807, 2.05) is 0 Å². The number of amides is 3. The van der Waals surface area contributed by atoms with Crippen molar-refractivity contribution < 1.29 is 41.6 Å². The van der Waals surface area contributed by atoms with Gasteiger partial charge in [0, 0.05) is 29.2 Å². The van der Waals surface area contributed by atoms with Crippen LogP contribution >= 0.6 is 0 Å². The Bertz CT molecular complexity index is 1540. The number of fused-ring (bicyclic) bond motifs is 2. The number of carbonyl (C=O) groups excluding carboxylic acids is 3. The lowest BCUT2D eigenvalue weighted by molar-refractivity contribution is -0.139. The predicted molar refractivity (Wildman–Crippen MR) is 142 cm³/mol. The number of halogens is 3. The fourth-order valence-electron chi connectivity index (χ4n) is 5.00. The number of alkyl halides is 3. The number of aryl methyl sites for hydroxylation is 1. The van der Waals surface area contributed by atoms with Crippen molar-refractivity contribution in [3.8, 4) is 11.5 Å². The van der Waals surface area contributed by atoms with Gasteiger partial charge in [0.05, 0.1) is 28.9 Å². The molecule has 0 saturated carbocycles. The molecule has 0 radical (unpaired) electrons. The summed E-state index contributed by atoms with van der Waals surface area (Å²) in [6.07, 6.45) is -6.89. The van der Waals surface area contributed by atoms with Gasteiger partial charge in [-0.05, 0) is 25.8 Å². The van der Waals surface area contributed by atoms with E-state index in [9.17, 15) is 27.6 Å². The van der Waals surface area contributed by atoms with Crippen LogP contribution in [0.4, 0.5) is 18.9 Å². The number of nitrogens with one attached hydrogen (secondary N) is 2. The minimum Gasteiger partial charge on any atom is -0.454 e. The predicted octanol–water partition coefficient (Wildman–Crippen LogP) is 3.56. The zero-order valence-electron chi connectivity index (χ0n) is 22.2. The maximum absolute atomic E-state index is 13.7. The van der Waals surface area contributed by atoms with Crippen LogP contribution in [0, 0.1) is 12.8 Å². The van der Waals surface area contributed by atoms with Gasteiger partial charge in [-0.15, -0.1) is 0 Å². The number of nitrogens with zero attached hydrogens (tertiary/aromatic N) is 2. The van der Waals surface area contributed by atoms with Crippen molar-refractivity contribution in [2.24, 2.45) is 16.6 Å². The van der Waals surface area contributed by atoms with E-state index < -0.39 is 54.7 Å². The van der Waals surface area contributed by atoms with E-state index in [1.165, 1.54) is 6.92 Å². The van der Waals surface area contributed by atoms with Gasteiger partial charge in [-0.1, -0.05) is 35.5 Å². The Morgan fingerprint density at radius 2 is 1.88 bits per heavy atom. The van der Waals surface area contributed by atoms with Crippen LogP contribution in [-0.2, 0) is 14.4 Å². The third kappa shape index (κ3) is 6.06. The summed E-state index contributed by atoms with van der Waals surface area (Å²) in [5.41, 5.74) is 7.84. The number of rotatable bonds is 9. The van der Waals surface area contributed by atoms with Crippen LogP contribution in [0.3, 0.4) is 0 Å². The van der Waals surface area contributed by atoms with Gasteiger partial charge >= 0.3 is 6.18 Å². The summed E-state index contributed by atoms with van der Waals surface area (Å²) in [6.45, 7) is 1.52.